The van der Waals surface area contributed by atoms with E-state index in [1.165, 1.54) is 6.92 Å². The average molecular weight is 1980 g/mol. The molecule has 0 saturated heterocycles. The van der Waals surface area contributed by atoms with Gasteiger partial charge in [-0.2, -0.15) is 0 Å². The van der Waals surface area contributed by atoms with E-state index in [2.05, 4.69) is 90.5 Å². The van der Waals surface area contributed by atoms with Crippen LogP contribution < -0.4 is 136 Å². The summed E-state index contributed by atoms with van der Waals surface area (Å²) >= 11 is 0. The van der Waals surface area contributed by atoms with Crippen LogP contribution in [0, 0.1) is 47.3 Å². The van der Waals surface area contributed by atoms with Crippen LogP contribution in [0.5, 0.6) is 0 Å². The van der Waals surface area contributed by atoms with E-state index in [1.807, 2.05) is 55.4 Å². The van der Waals surface area contributed by atoms with Gasteiger partial charge in [0, 0.05) is 13.0 Å². The Bertz CT molecular complexity index is 3670. The Morgan fingerprint density at radius 2 is 0.432 bits per heavy atom. The number of aliphatic hydroxyl groups excluding tert-OH is 1. The lowest BCUT2D eigenvalue weighted by Crippen LogP contribution is -2.62. The molecule has 0 aliphatic carbocycles. The Morgan fingerprint density at radius 3 is 0.655 bits per heavy atom. The molecule has 16 atom stereocenters. The molecule has 802 valence electrons. The van der Waals surface area contributed by atoms with Gasteiger partial charge in [0.2, 0.25) is 100 Å². The molecule has 0 aliphatic heterocycles. The number of carbonyl (C=O) groups is 17. The number of aliphatic hydroxyl groups is 1. The van der Waals surface area contributed by atoms with Crippen LogP contribution >= 0.6 is 0 Å². The SMILES string of the molecule is CC(C)C[C@H](NC(=O)[C@H](CCCCN)NC(=O)[C@H](CC(C)C)NC(=O)[C@H](CC(C)C)NC(=O)[C@@H](NC(=O)[C@H](CCCCN)NC(=O)[C@H](CC(C)C)NC(=O)[C@H](CC(C)C)NC(=O)[C@H](CCCCN)NC(=O)[C@H](CC(C)C)NC(=O)[C@H](CC(C)C)NC(=O)[C@H](CCCCN)NC(=O)[C@H](CCCCN)NC(=O)[C@@H](N)CC(C)C)[C@@H](C)O)C(=O)N[C@@H](CCCCN)C(=O)NCC(=O)NCCCCCC(=O)NN. The summed E-state index contributed by atoms with van der Waals surface area (Å²) in [5.41, 5.74) is 43.5. The van der Waals surface area contributed by atoms with Gasteiger partial charge in [-0.05, 0) is 273 Å². The average Bonchev–Trinajstić information content (AvgIpc) is 0.848. The van der Waals surface area contributed by atoms with Crippen molar-refractivity contribution in [3.8, 4) is 0 Å². The first-order valence-corrected chi connectivity index (χ1v) is 51.0. The van der Waals surface area contributed by atoms with Crippen LogP contribution in [-0.2, 0) is 81.5 Å². The minimum atomic E-state index is -1.78. The minimum absolute atomic E-state index is 0.00290. The topological polar surface area (TPSA) is 723 Å². The lowest BCUT2D eigenvalue weighted by molar-refractivity contribution is -0.137. The zero-order valence-corrected chi connectivity index (χ0v) is 86.7. The molecular weight excluding hydrogens is 1790 g/mol. The van der Waals surface area contributed by atoms with Crippen LogP contribution in [0.1, 0.15) is 310 Å². The molecule has 0 saturated carbocycles. The van der Waals surface area contributed by atoms with E-state index < -0.39 is 198 Å². The summed E-state index contributed by atoms with van der Waals surface area (Å²) in [4.78, 5) is 242. The van der Waals surface area contributed by atoms with Crippen molar-refractivity contribution in [1.29, 1.82) is 0 Å². The largest absolute Gasteiger partial charge is 0.391 e. The van der Waals surface area contributed by atoms with Crippen LogP contribution in [0.15, 0.2) is 0 Å². The second kappa shape index (κ2) is 73.7. The van der Waals surface area contributed by atoms with Crippen molar-refractivity contribution >= 4 is 100 Å². The van der Waals surface area contributed by atoms with E-state index in [4.69, 9.17) is 46.0 Å². The van der Waals surface area contributed by atoms with Gasteiger partial charge >= 0.3 is 0 Å². The molecule has 0 unspecified atom stereocenters. The van der Waals surface area contributed by atoms with Gasteiger partial charge in [0.05, 0.1) is 18.7 Å². The van der Waals surface area contributed by atoms with E-state index in [9.17, 15) is 86.6 Å². The molecule has 0 bridgehead atoms. The highest BCUT2D eigenvalue weighted by Gasteiger charge is 2.41. The highest BCUT2D eigenvalue weighted by molar-refractivity contribution is 6.01. The second-order valence-corrected chi connectivity index (χ2v) is 40.3. The first kappa shape index (κ1) is 130. The van der Waals surface area contributed by atoms with Crippen molar-refractivity contribution in [3.63, 3.8) is 0 Å². The van der Waals surface area contributed by atoms with Gasteiger partial charge < -0.3 is 130 Å². The highest BCUT2D eigenvalue weighted by Crippen LogP contribution is 2.20. The third-order valence-electron chi connectivity index (χ3n) is 23.0. The summed E-state index contributed by atoms with van der Waals surface area (Å²) in [7, 11) is 0. The quantitative estimate of drug-likeness (QED) is 0.0157. The molecule has 0 aliphatic rings. The number of amides is 17. The number of hydrazine groups is 1. The maximum absolute atomic E-state index is 14.9. The summed E-state index contributed by atoms with van der Waals surface area (Å²) in [5, 5.41) is 55.4. The molecule has 0 heterocycles. The Morgan fingerprint density at radius 1 is 0.223 bits per heavy atom. The molecule has 34 N–H and O–H groups in total. The first-order chi connectivity index (χ1) is 65.5. The molecule has 0 aromatic heterocycles. The van der Waals surface area contributed by atoms with Crippen molar-refractivity contribution in [2.45, 2.75) is 407 Å². The zero-order chi connectivity index (χ0) is 106. The molecule has 0 spiro atoms. The number of nitrogens with two attached hydrogens (primary N) is 8. The summed E-state index contributed by atoms with van der Waals surface area (Å²) in [6.07, 6.45) is 6.41. The standard InChI is InChI=1S/C96H185N25O18/c1-56(2)47-65(103)82(125)107-67(34-21-27-41-98)84(127)109-68(35-22-28-42-99)85(128)114-76(52-61(11)12)93(136)116-73(49-58(5)6)90(133)111-70(37-24-30-44-101)87(130)115-77(53-62(13)14)94(137)117-75(51-60(9)10)92(135)112-71(38-25-31-45-102)88(131)120-81(64(17)122)96(139)119-78(54-63(15)16)95(138)118-74(50-59(7)8)91(134)110-69(36-23-29-43-100)86(129)113-72(48-57(3)4)89(132)108-66(33-20-26-40-97)83(126)106-55-80(124)105-46-32-18-19-39-79(123)121-104/h56-78,81,122H,18-55,97-104H2,1-17H3,(H,105,124)(H,106,126)(H,107,125)(H,108,132)(H,109,127)(H,110,134)(H,111,133)(H,112,135)(H,113,129)(H,114,128)(H,115,130)(H,116,136)(H,117,137)(H,118,138)(H,119,139)(H,120,131)(H,121,123)/t64-,65+,66+,67+,68+,69+,70+,71+,72+,73+,74+,75+,76+,77+,78+,81+/m1/s1. The lowest BCUT2D eigenvalue weighted by Gasteiger charge is -2.30. The maximum Gasteiger partial charge on any atom is 0.245 e. The van der Waals surface area contributed by atoms with Gasteiger partial charge in [-0.1, -0.05) is 117 Å². The van der Waals surface area contributed by atoms with Crippen molar-refractivity contribution in [2.75, 3.05) is 52.4 Å². The van der Waals surface area contributed by atoms with E-state index in [0.717, 1.165) is 0 Å². The van der Waals surface area contributed by atoms with Crippen LogP contribution in [0.3, 0.4) is 0 Å². The van der Waals surface area contributed by atoms with E-state index in [1.54, 1.807) is 55.4 Å². The van der Waals surface area contributed by atoms with Gasteiger partial charge in [0.25, 0.3) is 0 Å². The molecule has 139 heavy (non-hydrogen) atoms. The van der Waals surface area contributed by atoms with E-state index >= 15 is 0 Å². The second-order valence-electron chi connectivity index (χ2n) is 40.3. The van der Waals surface area contributed by atoms with Crippen LogP contribution in [0.4, 0.5) is 0 Å². The van der Waals surface area contributed by atoms with Gasteiger partial charge in [0.15, 0.2) is 0 Å². The predicted molar refractivity (Wildman–Crippen MR) is 537 cm³/mol. The summed E-state index contributed by atoms with van der Waals surface area (Å²) in [6.45, 7) is 31.8. The van der Waals surface area contributed by atoms with E-state index in [-0.39, 0.29) is 176 Å². The van der Waals surface area contributed by atoms with Crippen molar-refractivity contribution in [2.24, 2.45) is 93.3 Å². The Hall–Kier alpha value is -9.37. The fourth-order valence-electron chi connectivity index (χ4n) is 15.5. The fraction of sp³-hybridized carbons (Fsp3) is 0.823. The molecule has 0 rings (SSSR count). The van der Waals surface area contributed by atoms with Gasteiger partial charge in [-0.25, -0.2) is 5.84 Å². The molecular formula is C96H185N25O18. The summed E-state index contributed by atoms with van der Waals surface area (Å²) in [5.74, 6) is -8.81. The maximum atomic E-state index is 14.9. The Kier molecular flexibility index (Phi) is 68.7. The number of unbranched alkanes of at least 4 members (excludes halogenated alkanes) is 8. The van der Waals surface area contributed by atoms with Gasteiger partial charge in [-0.15, -0.1) is 0 Å². The number of carbonyl (C=O) groups excluding carboxylic acids is 17. The Labute approximate surface area is 826 Å². The normalized spacial score (nSPS) is 15.0. The van der Waals surface area contributed by atoms with Crippen LogP contribution in [0.25, 0.3) is 0 Å². The monoisotopic (exact) mass is 1980 g/mol. The third-order valence-corrected chi connectivity index (χ3v) is 23.0. The fourth-order valence-corrected chi connectivity index (χ4v) is 15.5. The minimum Gasteiger partial charge on any atom is -0.391 e. The van der Waals surface area contributed by atoms with Crippen molar-refractivity contribution < 1.29 is 86.6 Å². The third kappa shape index (κ3) is 58.0. The predicted octanol–water partition coefficient (Wildman–Crippen LogP) is -0.593. The van der Waals surface area contributed by atoms with Crippen LogP contribution in [-0.4, -0.2) is 255 Å². The number of nitrogens with one attached hydrogen (secondary N) is 17. The Balaban J connectivity index is 7.32. The van der Waals surface area contributed by atoms with Gasteiger partial charge in [-0.3, -0.25) is 86.9 Å². The zero-order valence-electron chi connectivity index (χ0n) is 86.7. The molecule has 0 aromatic carbocycles. The van der Waals surface area contributed by atoms with E-state index in [0.29, 0.717) is 116 Å². The number of hydrogen-bond acceptors (Lipinski definition) is 26. The molecule has 0 radical (unpaired) electrons. The summed E-state index contributed by atoms with van der Waals surface area (Å²) < 4.78 is 0. The number of hydrogen-bond donors (Lipinski definition) is 26. The molecule has 43 heteroatoms. The van der Waals surface area contributed by atoms with Crippen LogP contribution in [0.2, 0.25) is 0 Å². The van der Waals surface area contributed by atoms with Crippen molar-refractivity contribution in [1.82, 2.24) is 90.5 Å². The smallest absolute Gasteiger partial charge is 0.245 e. The first-order valence-electron chi connectivity index (χ1n) is 51.0. The molecule has 0 fully saturated rings. The molecule has 0 aromatic rings. The molecule has 43 nitrogen and oxygen atoms in total. The number of rotatable bonds is 78. The summed E-state index contributed by atoms with van der Waals surface area (Å²) in [6, 6.07) is -19.4. The lowest BCUT2D eigenvalue weighted by atomic mass is 9.98. The van der Waals surface area contributed by atoms with Crippen molar-refractivity contribution in [3.05, 3.63) is 0 Å². The van der Waals surface area contributed by atoms with Gasteiger partial charge in [0.1, 0.15) is 84.6 Å². The molecule has 17 amide bonds. The highest BCUT2D eigenvalue weighted by atomic mass is 16.3.